The average Bonchev–Trinajstić information content (AvgIpc) is 2.45. The largest absolute Gasteiger partial charge is 0.357 e. The van der Waals surface area contributed by atoms with Gasteiger partial charge in [-0.2, -0.15) is 11.8 Å². The summed E-state index contributed by atoms with van der Waals surface area (Å²) in [5.41, 5.74) is 0. The van der Waals surface area contributed by atoms with Crippen molar-refractivity contribution in [3.63, 3.8) is 0 Å². The highest BCUT2D eigenvalue weighted by Crippen LogP contribution is 2.20. The van der Waals surface area contributed by atoms with Crippen molar-refractivity contribution in [2.75, 3.05) is 31.9 Å². The van der Waals surface area contributed by atoms with Gasteiger partial charge in [-0.3, -0.25) is 9.79 Å². The first kappa shape index (κ1) is 18.1. The van der Waals surface area contributed by atoms with Crippen molar-refractivity contribution in [2.24, 2.45) is 4.99 Å². The summed E-state index contributed by atoms with van der Waals surface area (Å²) >= 11 is 2.05. The van der Waals surface area contributed by atoms with Gasteiger partial charge < -0.3 is 15.5 Å². The van der Waals surface area contributed by atoms with Gasteiger partial charge in [0.25, 0.3) is 0 Å². The maximum absolute atomic E-state index is 11.6. The number of aliphatic imine (C=N–C) groups is 1. The van der Waals surface area contributed by atoms with E-state index in [2.05, 4.69) is 34.4 Å². The van der Waals surface area contributed by atoms with Crippen LogP contribution >= 0.6 is 11.8 Å². The van der Waals surface area contributed by atoms with Crippen molar-refractivity contribution in [3.8, 4) is 0 Å². The minimum absolute atomic E-state index is 0.0743. The molecule has 0 spiro atoms. The maximum atomic E-state index is 11.6. The Kier molecular flexibility index (Phi) is 8.57. The Morgan fingerprint density at radius 2 is 2.19 bits per heavy atom. The number of thioether (sulfide) groups is 1. The van der Waals surface area contributed by atoms with Crippen molar-refractivity contribution in [3.05, 3.63) is 0 Å². The molecule has 1 aliphatic heterocycles. The predicted octanol–water partition coefficient (Wildman–Crippen LogP) is 1.69. The summed E-state index contributed by atoms with van der Waals surface area (Å²) in [6.45, 7) is 11.7. The Hall–Kier alpha value is -0.910. The van der Waals surface area contributed by atoms with Gasteiger partial charge in [0.15, 0.2) is 5.96 Å². The summed E-state index contributed by atoms with van der Waals surface area (Å²) < 4.78 is 0. The van der Waals surface area contributed by atoms with Crippen molar-refractivity contribution in [1.82, 2.24) is 15.5 Å². The number of carbonyl (C=O) groups excluding carboxylic acids is 1. The standard InChI is InChI=1S/C15H30N4OS/c1-5-13-11-19(9-10-21-13)15(16-6-2)17-8-7-14(20)18-12(3)4/h12-13H,5-11H2,1-4H3,(H,16,17)(H,18,20). The number of hydrogen-bond acceptors (Lipinski definition) is 3. The fourth-order valence-electron chi connectivity index (χ4n) is 2.24. The number of amides is 1. The van der Waals surface area contributed by atoms with E-state index in [0.717, 1.165) is 31.3 Å². The smallest absolute Gasteiger partial charge is 0.222 e. The number of nitrogens with zero attached hydrogens (tertiary/aromatic N) is 2. The molecule has 0 aromatic rings. The second kappa shape index (κ2) is 9.92. The zero-order valence-corrected chi connectivity index (χ0v) is 14.6. The average molecular weight is 314 g/mol. The molecule has 0 aromatic heterocycles. The number of carbonyl (C=O) groups is 1. The van der Waals surface area contributed by atoms with Crippen molar-refractivity contribution < 1.29 is 4.79 Å². The molecule has 1 amide bonds. The minimum atomic E-state index is 0.0743. The van der Waals surface area contributed by atoms with Crippen LogP contribution in [-0.2, 0) is 4.79 Å². The van der Waals surface area contributed by atoms with Crippen LogP contribution in [0.3, 0.4) is 0 Å². The molecule has 1 aliphatic rings. The Morgan fingerprint density at radius 1 is 1.43 bits per heavy atom. The number of nitrogens with one attached hydrogen (secondary N) is 2. The highest BCUT2D eigenvalue weighted by Gasteiger charge is 2.21. The van der Waals surface area contributed by atoms with Gasteiger partial charge in [0.2, 0.25) is 5.91 Å². The fourth-order valence-corrected chi connectivity index (χ4v) is 3.42. The zero-order chi connectivity index (χ0) is 15.7. The Bertz CT molecular complexity index is 347. The first-order valence-electron chi connectivity index (χ1n) is 8.01. The van der Waals surface area contributed by atoms with E-state index in [4.69, 9.17) is 0 Å². The molecule has 122 valence electrons. The van der Waals surface area contributed by atoms with Gasteiger partial charge in [-0.15, -0.1) is 0 Å². The normalized spacial score (nSPS) is 19.8. The minimum Gasteiger partial charge on any atom is -0.357 e. The molecular weight excluding hydrogens is 284 g/mol. The van der Waals surface area contributed by atoms with Crippen LogP contribution in [0.15, 0.2) is 4.99 Å². The van der Waals surface area contributed by atoms with Gasteiger partial charge in [-0.05, 0) is 27.2 Å². The second-order valence-electron chi connectivity index (χ2n) is 5.55. The molecule has 1 rings (SSSR count). The lowest BCUT2D eigenvalue weighted by Crippen LogP contribution is -2.48. The lowest BCUT2D eigenvalue weighted by atomic mass is 10.3. The van der Waals surface area contributed by atoms with Crippen LogP contribution < -0.4 is 10.6 Å². The molecule has 2 N–H and O–H groups in total. The number of rotatable bonds is 6. The van der Waals surface area contributed by atoms with Crippen molar-refractivity contribution in [1.29, 1.82) is 0 Å². The topological polar surface area (TPSA) is 56.7 Å². The molecule has 1 heterocycles. The van der Waals surface area contributed by atoms with Crippen LogP contribution in [0.4, 0.5) is 0 Å². The van der Waals surface area contributed by atoms with Gasteiger partial charge in [0.05, 0.1) is 6.54 Å². The van der Waals surface area contributed by atoms with Gasteiger partial charge in [0, 0.05) is 43.1 Å². The predicted molar refractivity (Wildman–Crippen MR) is 92.0 cm³/mol. The molecule has 1 saturated heterocycles. The third-order valence-electron chi connectivity index (χ3n) is 3.28. The summed E-state index contributed by atoms with van der Waals surface area (Å²) in [5, 5.41) is 6.93. The molecule has 1 atom stereocenters. The van der Waals surface area contributed by atoms with Crippen LogP contribution in [0.2, 0.25) is 0 Å². The van der Waals surface area contributed by atoms with Crippen LogP contribution in [0.5, 0.6) is 0 Å². The molecule has 1 unspecified atom stereocenters. The van der Waals surface area contributed by atoms with Crippen molar-refractivity contribution >= 4 is 23.6 Å². The summed E-state index contributed by atoms with van der Waals surface area (Å²) in [4.78, 5) is 18.6. The van der Waals surface area contributed by atoms with Gasteiger partial charge >= 0.3 is 0 Å². The Balaban J connectivity index is 2.51. The van der Waals surface area contributed by atoms with Gasteiger partial charge in [-0.25, -0.2) is 0 Å². The van der Waals surface area contributed by atoms with E-state index in [9.17, 15) is 4.79 Å². The molecule has 0 bridgehead atoms. The van der Waals surface area contributed by atoms with Crippen molar-refractivity contribution in [2.45, 2.75) is 51.8 Å². The third-order valence-corrected chi connectivity index (χ3v) is 4.65. The molecule has 6 heteroatoms. The first-order chi connectivity index (χ1) is 10.1. The zero-order valence-electron chi connectivity index (χ0n) is 13.8. The van der Waals surface area contributed by atoms with Crippen LogP contribution in [0, 0.1) is 0 Å². The maximum Gasteiger partial charge on any atom is 0.222 e. The number of hydrogen-bond donors (Lipinski definition) is 2. The van der Waals surface area contributed by atoms with Crippen LogP contribution in [0.1, 0.15) is 40.5 Å². The molecule has 0 aromatic carbocycles. The van der Waals surface area contributed by atoms with E-state index in [0.29, 0.717) is 18.2 Å². The van der Waals surface area contributed by atoms with E-state index < -0.39 is 0 Å². The Labute approximate surface area is 133 Å². The number of guanidine groups is 1. The molecule has 0 saturated carbocycles. The monoisotopic (exact) mass is 314 g/mol. The summed E-state index contributed by atoms with van der Waals surface area (Å²) in [6, 6.07) is 0.194. The fraction of sp³-hybridized carbons (Fsp3) is 0.867. The van der Waals surface area contributed by atoms with Crippen LogP contribution in [0.25, 0.3) is 0 Å². The highest BCUT2D eigenvalue weighted by molar-refractivity contribution is 8.00. The molecule has 0 radical (unpaired) electrons. The van der Waals surface area contributed by atoms with E-state index >= 15 is 0 Å². The lowest BCUT2D eigenvalue weighted by molar-refractivity contribution is -0.121. The SMILES string of the molecule is CCNC(=NCCC(=O)NC(C)C)N1CCSC(CC)C1. The van der Waals surface area contributed by atoms with E-state index in [1.54, 1.807) is 0 Å². The van der Waals surface area contributed by atoms with Gasteiger partial charge in [0.1, 0.15) is 0 Å². The molecule has 21 heavy (non-hydrogen) atoms. The molecule has 1 fully saturated rings. The molecule has 0 aliphatic carbocycles. The van der Waals surface area contributed by atoms with Gasteiger partial charge in [-0.1, -0.05) is 6.92 Å². The van der Waals surface area contributed by atoms with E-state index in [-0.39, 0.29) is 11.9 Å². The Morgan fingerprint density at radius 3 is 2.81 bits per heavy atom. The lowest BCUT2D eigenvalue weighted by Gasteiger charge is -2.34. The third kappa shape index (κ3) is 7.07. The van der Waals surface area contributed by atoms with E-state index in [1.807, 2.05) is 25.6 Å². The summed E-state index contributed by atoms with van der Waals surface area (Å²) in [6.07, 6.45) is 1.64. The molecule has 5 nitrogen and oxygen atoms in total. The first-order valence-corrected chi connectivity index (χ1v) is 9.05. The van der Waals surface area contributed by atoms with E-state index in [1.165, 1.54) is 6.42 Å². The van der Waals surface area contributed by atoms with Crippen LogP contribution in [-0.4, -0.2) is 60.0 Å². The summed E-state index contributed by atoms with van der Waals surface area (Å²) in [5.74, 6) is 2.18. The second-order valence-corrected chi connectivity index (χ2v) is 6.96. The highest BCUT2D eigenvalue weighted by atomic mass is 32.2. The quantitative estimate of drug-likeness (QED) is 0.579. The molecular formula is C15H30N4OS. The summed E-state index contributed by atoms with van der Waals surface area (Å²) in [7, 11) is 0.